The second-order valence-corrected chi connectivity index (χ2v) is 3.24. The van der Waals surface area contributed by atoms with Gasteiger partial charge in [0.25, 0.3) is 5.89 Å². The maximum Gasteiger partial charge on any atom is 0.260 e. The number of anilines is 1. The zero-order valence-electron chi connectivity index (χ0n) is 9.01. The number of benzene rings is 1. The molecule has 0 atom stereocenters. The molecule has 1 aromatic carbocycles. The number of aromatic nitrogens is 2. The molecule has 0 saturated heterocycles. The molecule has 0 spiro atoms. The van der Waals surface area contributed by atoms with Crippen molar-refractivity contribution in [2.24, 2.45) is 0 Å². The summed E-state index contributed by atoms with van der Waals surface area (Å²) in [6.45, 7) is 2.89. The largest absolute Gasteiger partial charge is 0.398 e. The van der Waals surface area contributed by atoms with Crippen LogP contribution >= 0.6 is 0 Å². The highest BCUT2D eigenvalue weighted by Crippen LogP contribution is 2.23. The first-order chi connectivity index (χ1) is 7.81. The van der Waals surface area contributed by atoms with Crippen LogP contribution in [0.4, 0.5) is 5.69 Å². The summed E-state index contributed by atoms with van der Waals surface area (Å²) in [5.41, 5.74) is 7.17. The maximum absolute atomic E-state index is 5.80. The second kappa shape index (κ2) is 4.76. The van der Waals surface area contributed by atoms with Crippen molar-refractivity contribution in [3.63, 3.8) is 0 Å². The minimum absolute atomic E-state index is 0.354. The smallest absolute Gasteiger partial charge is 0.260 e. The topological polar surface area (TPSA) is 74.2 Å². The fourth-order valence-corrected chi connectivity index (χ4v) is 1.31. The Kier molecular flexibility index (Phi) is 3.16. The highest BCUT2D eigenvalue weighted by atomic mass is 16.5. The van der Waals surface area contributed by atoms with E-state index in [4.69, 9.17) is 15.0 Å². The Morgan fingerprint density at radius 3 is 2.94 bits per heavy atom. The number of ether oxygens (including phenoxy) is 1. The molecule has 2 rings (SSSR count). The summed E-state index contributed by atoms with van der Waals surface area (Å²) in [4.78, 5) is 4.20. The van der Waals surface area contributed by atoms with Crippen molar-refractivity contribution in [1.29, 1.82) is 0 Å². The van der Waals surface area contributed by atoms with E-state index in [1.807, 2.05) is 25.1 Å². The quantitative estimate of drug-likeness (QED) is 0.794. The third-order valence-electron chi connectivity index (χ3n) is 2.09. The standard InChI is InChI=1S/C11H13N3O2/c1-2-15-7-10-13-11(16-14-10)8-5-3-4-6-9(8)12/h3-6H,2,7,12H2,1H3. The van der Waals surface area contributed by atoms with Crippen LogP contribution in [0.5, 0.6) is 0 Å². The highest BCUT2D eigenvalue weighted by molar-refractivity contribution is 5.69. The SMILES string of the molecule is CCOCc1noc(-c2ccccc2N)n1. The lowest BCUT2D eigenvalue weighted by atomic mass is 10.2. The van der Waals surface area contributed by atoms with Crippen molar-refractivity contribution < 1.29 is 9.26 Å². The molecule has 0 aliphatic carbocycles. The van der Waals surface area contributed by atoms with Gasteiger partial charge < -0.3 is 15.0 Å². The Balaban J connectivity index is 2.22. The maximum atomic E-state index is 5.80. The average Bonchev–Trinajstić information content (AvgIpc) is 2.75. The fourth-order valence-electron chi connectivity index (χ4n) is 1.31. The average molecular weight is 219 g/mol. The number of rotatable bonds is 4. The fraction of sp³-hybridized carbons (Fsp3) is 0.273. The van der Waals surface area contributed by atoms with E-state index in [0.717, 1.165) is 5.56 Å². The summed E-state index contributed by atoms with van der Waals surface area (Å²) in [6, 6.07) is 7.36. The highest BCUT2D eigenvalue weighted by Gasteiger charge is 2.10. The normalized spacial score (nSPS) is 10.6. The van der Waals surface area contributed by atoms with Gasteiger partial charge in [0.15, 0.2) is 5.82 Å². The van der Waals surface area contributed by atoms with Crippen molar-refractivity contribution >= 4 is 5.69 Å². The molecule has 84 valence electrons. The lowest BCUT2D eigenvalue weighted by molar-refractivity contribution is 0.126. The van der Waals surface area contributed by atoms with Gasteiger partial charge in [0.05, 0.1) is 5.56 Å². The minimum atomic E-state index is 0.354. The number of nitrogens with zero attached hydrogens (tertiary/aromatic N) is 2. The molecule has 0 bridgehead atoms. The molecule has 0 radical (unpaired) electrons. The number of nitrogen functional groups attached to an aromatic ring is 1. The summed E-state index contributed by atoms with van der Waals surface area (Å²) < 4.78 is 10.3. The van der Waals surface area contributed by atoms with Gasteiger partial charge >= 0.3 is 0 Å². The molecule has 0 saturated carbocycles. The number of hydrogen-bond donors (Lipinski definition) is 1. The molecule has 2 N–H and O–H groups in total. The van der Waals surface area contributed by atoms with Crippen LogP contribution in [-0.2, 0) is 11.3 Å². The summed E-state index contributed by atoms with van der Waals surface area (Å²) in [6.07, 6.45) is 0. The molecule has 2 aromatic rings. The molecular formula is C11H13N3O2. The van der Waals surface area contributed by atoms with E-state index in [9.17, 15) is 0 Å². The van der Waals surface area contributed by atoms with Gasteiger partial charge in [-0.3, -0.25) is 0 Å². The van der Waals surface area contributed by atoms with Crippen molar-refractivity contribution in [1.82, 2.24) is 10.1 Å². The first-order valence-electron chi connectivity index (χ1n) is 5.06. The van der Waals surface area contributed by atoms with Gasteiger partial charge in [0.2, 0.25) is 0 Å². The predicted octanol–water partition coefficient (Wildman–Crippen LogP) is 1.86. The number of hydrogen-bond acceptors (Lipinski definition) is 5. The van der Waals surface area contributed by atoms with Gasteiger partial charge in [0, 0.05) is 12.3 Å². The third kappa shape index (κ3) is 2.20. The first-order valence-corrected chi connectivity index (χ1v) is 5.06. The van der Waals surface area contributed by atoms with E-state index >= 15 is 0 Å². The zero-order chi connectivity index (χ0) is 11.4. The molecule has 0 aliphatic rings. The Morgan fingerprint density at radius 2 is 2.19 bits per heavy atom. The monoisotopic (exact) mass is 219 g/mol. The lowest BCUT2D eigenvalue weighted by Crippen LogP contribution is -1.94. The van der Waals surface area contributed by atoms with Crippen molar-refractivity contribution in [3.8, 4) is 11.5 Å². The van der Waals surface area contributed by atoms with Crippen LogP contribution in [0.25, 0.3) is 11.5 Å². The Labute approximate surface area is 93.2 Å². The lowest BCUT2D eigenvalue weighted by Gasteiger charge is -1.97. The van der Waals surface area contributed by atoms with E-state index in [1.54, 1.807) is 6.07 Å². The zero-order valence-corrected chi connectivity index (χ0v) is 9.01. The van der Waals surface area contributed by atoms with Crippen LogP contribution in [0.3, 0.4) is 0 Å². The minimum Gasteiger partial charge on any atom is -0.398 e. The first kappa shape index (κ1) is 10.6. The molecule has 1 aromatic heterocycles. The predicted molar refractivity (Wildman–Crippen MR) is 59.5 cm³/mol. The van der Waals surface area contributed by atoms with Crippen LogP contribution in [0.1, 0.15) is 12.7 Å². The number of nitrogens with two attached hydrogens (primary N) is 1. The van der Waals surface area contributed by atoms with E-state index in [-0.39, 0.29) is 0 Å². The van der Waals surface area contributed by atoms with Gasteiger partial charge in [0.1, 0.15) is 6.61 Å². The van der Waals surface area contributed by atoms with Crippen molar-refractivity contribution in [2.45, 2.75) is 13.5 Å². The van der Waals surface area contributed by atoms with Crippen LogP contribution in [-0.4, -0.2) is 16.7 Å². The van der Waals surface area contributed by atoms with Crippen molar-refractivity contribution in [3.05, 3.63) is 30.1 Å². The molecular weight excluding hydrogens is 206 g/mol. The molecule has 0 unspecified atom stereocenters. The van der Waals surface area contributed by atoms with Crippen LogP contribution in [0.2, 0.25) is 0 Å². The molecule has 1 heterocycles. The van der Waals surface area contributed by atoms with Gasteiger partial charge in [-0.1, -0.05) is 17.3 Å². The molecule has 5 heteroatoms. The van der Waals surface area contributed by atoms with Gasteiger partial charge in [-0.15, -0.1) is 0 Å². The van der Waals surface area contributed by atoms with E-state index < -0.39 is 0 Å². The number of para-hydroxylation sites is 1. The molecule has 16 heavy (non-hydrogen) atoms. The summed E-state index contributed by atoms with van der Waals surface area (Å²) in [5.74, 6) is 0.952. The van der Waals surface area contributed by atoms with Crippen LogP contribution in [0.15, 0.2) is 28.8 Å². The molecule has 0 amide bonds. The Morgan fingerprint density at radius 1 is 1.38 bits per heavy atom. The van der Waals surface area contributed by atoms with Crippen LogP contribution < -0.4 is 5.73 Å². The molecule has 0 fully saturated rings. The molecule has 5 nitrogen and oxygen atoms in total. The van der Waals surface area contributed by atoms with Gasteiger partial charge in [-0.05, 0) is 19.1 Å². The van der Waals surface area contributed by atoms with E-state index in [0.29, 0.717) is 30.6 Å². The Bertz CT molecular complexity index is 468. The second-order valence-electron chi connectivity index (χ2n) is 3.24. The van der Waals surface area contributed by atoms with Gasteiger partial charge in [-0.2, -0.15) is 4.98 Å². The van der Waals surface area contributed by atoms with Crippen molar-refractivity contribution in [2.75, 3.05) is 12.3 Å². The summed E-state index contributed by atoms with van der Waals surface area (Å²) >= 11 is 0. The van der Waals surface area contributed by atoms with Gasteiger partial charge in [-0.25, -0.2) is 0 Å². The molecule has 0 aliphatic heterocycles. The van der Waals surface area contributed by atoms with Crippen LogP contribution in [0, 0.1) is 0 Å². The summed E-state index contributed by atoms with van der Waals surface area (Å²) in [7, 11) is 0. The van der Waals surface area contributed by atoms with E-state index in [2.05, 4.69) is 10.1 Å². The third-order valence-corrected chi connectivity index (χ3v) is 2.09. The van der Waals surface area contributed by atoms with E-state index in [1.165, 1.54) is 0 Å². The Hall–Kier alpha value is -1.88. The summed E-state index contributed by atoms with van der Waals surface area (Å²) in [5, 5.41) is 3.80.